The average molecular weight is 418 g/mol. The maximum atomic E-state index is 2.50. The molecule has 2 nitrogen and oxygen atoms in total. The van der Waals surface area contributed by atoms with Gasteiger partial charge in [0.15, 0.2) is 0 Å². The Kier molecular flexibility index (Phi) is 8.51. The Morgan fingerprint density at radius 1 is 0.871 bits per heavy atom. The third-order valence-electron chi connectivity index (χ3n) is 6.80. The van der Waals surface area contributed by atoms with Crippen molar-refractivity contribution in [1.29, 1.82) is 0 Å². The largest absolute Gasteiger partial charge is 0.244 e. The molecule has 2 atom stereocenters. The molecule has 0 spiro atoms. The highest BCUT2D eigenvalue weighted by Gasteiger charge is 2.40. The number of imidazole rings is 1. The molecule has 3 rings (SSSR count). The van der Waals surface area contributed by atoms with Crippen LogP contribution in [0.5, 0.6) is 0 Å². The molecule has 0 saturated heterocycles. The first-order valence-corrected chi connectivity index (χ1v) is 12.2. The molecule has 1 aromatic heterocycles. The molecule has 0 radical (unpaired) electrons. The number of hydrogen-bond acceptors (Lipinski definition) is 0. The zero-order valence-electron chi connectivity index (χ0n) is 20.0. The van der Waals surface area contributed by atoms with Crippen molar-refractivity contribution in [3.63, 3.8) is 0 Å². The van der Waals surface area contributed by atoms with E-state index < -0.39 is 0 Å². The number of hydrogen-bond donors (Lipinski definition) is 0. The van der Waals surface area contributed by atoms with Gasteiger partial charge in [-0.25, -0.2) is 9.13 Å². The summed E-state index contributed by atoms with van der Waals surface area (Å²) in [4.78, 5) is 0. The lowest BCUT2D eigenvalue weighted by Crippen LogP contribution is -2.50. The molecule has 3 aromatic rings. The van der Waals surface area contributed by atoms with Crippen molar-refractivity contribution in [3.05, 3.63) is 90.5 Å². The van der Waals surface area contributed by atoms with Crippen LogP contribution in [0.4, 0.5) is 0 Å². The topological polar surface area (TPSA) is 8.81 Å². The Morgan fingerprint density at radius 3 is 2.13 bits per heavy atom. The van der Waals surface area contributed by atoms with Crippen LogP contribution in [0.15, 0.2) is 79.4 Å². The molecule has 0 saturated carbocycles. The van der Waals surface area contributed by atoms with Crippen molar-refractivity contribution < 1.29 is 4.57 Å². The van der Waals surface area contributed by atoms with Crippen LogP contribution in [0, 0.1) is 0 Å². The first-order valence-electron chi connectivity index (χ1n) is 12.2. The minimum Gasteiger partial charge on any atom is -0.235 e. The minimum absolute atomic E-state index is 0.0151. The van der Waals surface area contributed by atoms with Crippen molar-refractivity contribution in [3.8, 4) is 0 Å². The number of rotatable bonds is 12. The van der Waals surface area contributed by atoms with Gasteiger partial charge in [-0.05, 0) is 44.2 Å². The Labute approximate surface area is 190 Å². The molecule has 31 heavy (non-hydrogen) atoms. The molecular weight excluding hydrogens is 376 g/mol. The van der Waals surface area contributed by atoms with Gasteiger partial charge in [-0.3, -0.25) is 0 Å². The van der Waals surface area contributed by atoms with Gasteiger partial charge in [0, 0.05) is 5.41 Å². The molecule has 1 heterocycles. The van der Waals surface area contributed by atoms with Crippen LogP contribution in [-0.4, -0.2) is 4.57 Å². The lowest BCUT2D eigenvalue weighted by Gasteiger charge is -2.37. The molecule has 0 aliphatic carbocycles. The maximum absolute atomic E-state index is 2.50. The van der Waals surface area contributed by atoms with Gasteiger partial charge in [-0.15, -0.1) is 0 Å². The van der Waals surface area contributed by atoms with Crippen LogP contribution in [0.2, 0.25) is 0 Å². The molecule has 0 amide bonds. The van der Waals surface area contributed by atoms with Crippen LogP contribution < -0.4 is 4.57 Å². The average Bonchev–Trinajstić information content (AvgIpc) is 3.27. The highest BCUT2D eigenvalue weighted by molar-refractivity contribution is 5.29. The standard InChI is InChI=1S/C29H41N2/c1-5-6-7-8-15-20-28(31-22-21-30(24-31)25(2)3)29(4,27-18-13-10-14-19-27)23-26-16-11-9-12-17-26/h9-14,16-19,21-22,24-25,28H,5-8,15,20,23H2,1-4H3/q+1. The predicted octanol–water partition coefficient (Wildman–Crippen LogP) is 7.46. The van der Waals surface area contributed by atoms with E-state index in [2.05, 4.69) is 116 Å². The summed E-state index contributed by atoms with van der Waals surface area (Å²) in [6.07, 6.45) is 15.7. The molecule has 0 aliphatic heterocycles. The third kappa shape index (κ3) is 6.09. The van der Waals surface area contributed by atoms with E-state index >= 15 is 0 Å². The van der Waals surface area contributed by atoms with Gasteiger partial charge in [-0.1, -0.05) is 100 Å². The van der Waals surface area contributed by atoms with Gasteiger partial charge in [0.2, 0.25) is 6.33 Å². The van der Waals surface area contributed by atoms with E-state index in [-0.39, 0.29) is 5.41 Å². The minimum atomic E-state index is 0.0151. The molecule has 2 aromatic carbocycles. The highest BCUT2D eigenvalue weighted by Crippen LogP contribution is 2.39. The Balaban J connectivity index is 1.98. The highest BCUT2D eigenvalue weighted by atomic mass is 15.1. The predicted molar refractivity (Wildman–Crippen MR) is 131 cm³/mol. The van der Waals surface area contributed by atoms with Gasteiger partial charge in [0.05, 0.1) is 6.04 Å². The quantitative estimate of drug-likeness (QED) is 0.214. The van der Waals surface area contributed by atoms with Crippen LogP contribution in [0.1, 0.15) is 89.4 Å². The van der Waals surface area contributed by atoms with E-state index in [0.29, 0.717) is 12.1 Å². The lowest BCUT2D eigenvalue weighted by atomic mass is 9.70. The fourth-order valence-electron chi connectivity index (χ4n) is 4.86. The molecule has 0 fully saturated rings. The van der Waals surface area contributed by atoms with Crippen molar-refractivity contribution >= 4 is 0 Å². The SMILES string of the molecule is CCCCCCCC([n+]1ccn(C(C)C)c1)C(C)(Cc1ccccc1)c1ccccc1. The van der Waals surface area contributed by atoms with Gasteiger partial charge in [-0.2, -0.15) is 0 Å². The Morgan fingerprint density at radius 2 is 1.52 bits per heavy atom. The monoisotopic (exact) mass is 417 g/mol. The van der Waals surface area contributed by atoms with Crippen LogP contribution in [-0.2, 0) is 11.8 Å². The molecular formula is C29H41N2+. The van der Waals surface area contributed by atoms with E-state index in [0.717, 1.165) is 6.42 Å². The Hall–Kier alpha value is -2.35. The first-order chi connectivity index (χ1) is 15.0. The van der Waals surface area contributed by atoms with Gasteiger partial charge in [0.1, 0.15) is 18.4 Å². The summed E-state index contributed by atoms with van der Waals surface area (Å²) in [5.74, 6) is 0. The summed E-state index contributed by atoms with van der Waals surface area (Å²) in [6.45, 7) is 9.28. The van der Waals surface area contributed by atoms with Crippen LogP contribution >= 0.6 is 0 Å². The summed E-state index contributed by atoms with van der Waals surface area (Å²) in [7, 11) is 0. The lowest BCUT2D eigenvalue weighted by molar-refractivity contribution is -0.732. The summed E-state index contributed by atoms with van der Waals surface area (Å²) < 4.78 is 4.83. The Bertz CT molecular complexity index is 881. The second-order valence-electron chi connectivity index (χ2n) is 9.57. The number of benzene rings is 2. The molecule has 0 aliphatic rings. The summed E-state index contributed by atoms with van der Waals surface area (Å²) >= 11 is 0. The number of nitrogens with zero attached hydrogens (tertiary/aromatic N) is 2. The van der Waals surface area contributed by atoms with Crippen molar-refractivity contribution in [1.82, 2.24) is 4.57 Å². The molecule has 0 bridgehead atoms. The normalized spacial score (nSPS) is 14.5. The van der Waals surface area contributed by atoms with E-state index in [4.69, 9.17) is 0 Å². The second-order valence-corrected chi connectivity index (χ2v) is 9.57. The van der Waals surface area contributed by atoms with Gasteiger partial charge in [0.25, 0.3) is 0 Å². The second kappa shape index (κ2) is 11.3. The zero-order valence-corrected chi connectivity index (χ0v) is 20.0. The molecule has 2 unspecified atom stereocenters. The number of unbranched alkanes of at least 4 members (excludes halogenated alkanes) is 4. The van der Waals surface area contributed by atoms with E-state index in [1.165, 1.54) is 49.7 Å². The number of aromatic nitrogens is 2. The smallest absolute Gasteiger partial charge is 0.235 e. The zero-order chi connectivity index (χ0) is 22.1. The van der Waals surface area contributed by atoms with Gasteiger partial charge < -0.3 is 0 Å². The van der Waals surface area contributed by atoms with Crippen molar-refractivity contribution in [2.45, 2.75) is 90.1 Å². The fraction of sp³-hybridized carbons (Fsp3) is 0.483. The van der Waals surface area contributed by atoms with Crippen molar-refractivity contribution in [2.75, 3.05) is 0 Å². The molecule has 2 heteroatoms. The van der Waals surface area contributed by atoms with E-state index in [9.17, 15) is 0 Å². The van der Waals surface area contributed by atoms with E-state index in [1.54, 1.807) is 0 Å². The summed E-state index contributed by atoms with van der Waals surface area (Å²) in [5, 5.41) is 0. The molecule has 0 N–H and O–H groups in total. The van der Waals surface area contributed by atoms with Crippen LogP contribution in [0.3, 0.4) is 0 Å². The fourth-order valence-corrected chi connectivity index (χ4v) is 4.86. The first kappa shape index (κ1) is 23.3. The van der Waals surface area contributed by atoms with Crippen molar-refractivity contribution in [2.24, 2.45) is 0 Å². The molecule has 166 valence electrons. The van der Waals surface area contributed by atoms with Gasteiger partial charge >= 0.3 is 0 Å². The third-order valence-corrected chi connectivity index (χ3v) is 6.80. The summed E-state index contributed by atoms with van der Waals surface area (Å²) in [5.41, 5.74) is 2.86. The maximum Gasteiger partial charge on any atom is 0.244 e. The summed E-state index contributed by atoms with van der Waals surface area (Å²) in [6, 6.07) is 23.1. The van der Waals surface area contributed by atoms with Crippen LogP contribution in [0.25, 0.3) is 0 Å². The van der Waals surface area contributed by atoms with E-state index in [1.807, 2.05) is 0 Å².